The van der Waals surface area contributed by atoms with Gasteiger partial charge in [-0.25, -0.2) is 9.59 Å². The average Bonchev–Trinajstić information content (AvgIpc) is 3.49. The van der Waals surface area contributed by atoms with Crippen LogP contribution in [0.4, 0.5) is 4.79 Å². The highest BCUT2D eigenvalue weighted by Gasteiger charge is 2.60. The van der Waals surface area contributed by atoms with Crippen LogP contribution in [0.2, 0.25) is 0 Å². The number of hydrogen-bond donors (Lipinski definition) is 2. The molecular weight excluding hydrogens is 550 g/mol. The summed E-state index contributed by atoms with van der Waals surface area (Å²) in [5.41, 5.74) is 2.19. The van der Waals surface area contributed by atoms with Gasteiger partial charge in [0.2, 0.25) is 18.6 Å². The van der Waals surface area contributed by atoms with Crippen LogP contribution in [0.3, 0.4) is 0 Å². The Morgan fingerprint density at radius 2 is 1.98 bits per heavy atom. The topological polar surface area (TPSA) is 135 Å². The van der Waals surface area contributed by atoms with Crippen LogP contribution in [0.5, 0.6) is 0 Å². The van der Waals surface area contributed by atoms with Crippen molar-refractivity contribution in [2.45, 2.75) is 69.1 Å². The maximum Gasteiger partial charge on any atom is 0.511 e. The molecule has 1 aromatic carbocycles. The number of esters is 1. The lowest BCUT2D eigenvalue weighted by atomic mass is 9.79. The van der Waals surface area contributed by atoms with Gasteiger partial charge in [0.25, 0.3) is 0 Å². The Bertz CT molecular complexity index is 1250. The Morgan fingerprint density at radius 3 is 2.71 bits per heavy atom. The second-order valence-electron chi connectivity index (χ2n) is 11.3. The molecule has 2 N–H and O–H groups in total. The SMILES string of the molecule is C[C@@H](O)[C@H]1C(=O)N2C(C(=O)OCOC(=O)O[C@H]3CCCc4ccccc43)=C(S[C@@H]3CN[C@H](C(=O)N(C)C)C3)[C@H](C)[C@H]12. The molecule has 0 spiro atoms. The van der Waals surface area contributed by atoms with Crippen LogP contribution < -0.4 is 5.32 Å². The Morgan fingerprint density at radius 1 is 1.22 bits per heavy atom. The van der Waals surface area contributed by atoms with E-state index in [1.807, 2.05) is 31.2 Å². The van der Waals surface area contributed by atoms with E-state index in [2.05, 4.69) is 5.32 Å². The van der Waals surface area contributed by atoms with Crippen molar-refractivity contribution < 1.29 is 38.5 Å². The largest absolute Gasteiger partial charge is 0.511 e. The molecular formula is C29H37N3O8S. The van der Waals surface area contributed by atoms with E-state index in [0.29, 0.717) is 24.3 Å². The molecule has 0 unspecified atom stereocenters. The molecule has 2 saturated heterocycles. The zero-order valence-corrected chi connectivity index (χ0v) is 24.5. The highest BCUT2D eigenvalue weighted by Crippen LogP contribution is 2.52. The van der Waals surface area contributed by atoms with Crippen LogP contribution >= 0.6 is 11.8 Å². The number of carbonyl (C=O) groups excluding carboxylic acids is 4. The van der Waals surface area contributed by atoms with Gasteiger partial charge in [0.05, 0.1) is 24.1 Å². The van der Waals surface area contributed by atoms with Gasteiger partial charge in [-0.15, -0.1) is 11.8 Å². The standard InChI is InChI=1S/C29H37N3O8S/c1-15-23-22(16(2)33)27(35)32(23)24(25(15)41-18-12-20(30-13-18)26(34)31(3)4)28(36)38-14-39-29(37)40-21-11-7-9-17-8-5-6-10-19(17)21/h5-6,8,10,15-16,18,20-23,30,33H,7,9,11-14H2,1-4H3/t15-,16-,18+,20+,21+,22-,23-/m1/s1. The molecule has 0 aromatic heterocycles. The van der Waals surface area contributed by atoms with E-state index in [1.165, 1.54) is 16.7 Å². The van der Waals surface area contributed by atoms with Crippen LogP contribution in [0.15, 0.2) is 34.9 Å². The first-order valence-electron chi connectivity index (χ1n) is 14.0. The van der Waals surface area contributed by atoms with Crippen molar-refractivity contribution in [2.75, 3.05) is 27.4 Å². The molecule has 2 amide bonds. The summed E-state index contributed by atoms with van der Waals surface area (Å²) in [4.78, 5) is 54.8. The van der Waals surface area contributed by atoms with E-state index >= 15 is 0 Å². The number of aliphatic hydroxyl groups is 1. The number of benzene rings is 1. The summed E-state index contributed by atoms with van der Waals surface area (Å²) in [7, 11) is 3.41. The number of thioether (sulfide) groups is 1. The zero-order chi connectivity index (χ0) is 29.4. The van der Waals surface area contributed by atoms with Crippen LogP contribution in [0.25, 0.3) is 0 Å². The van der Waals surface area contributed by atoms with Gasteiger partial charge < -0.3 is 34.4 Å². The fourth-order valence-electron chi connectivity index (χ4n) is 6.32. The first-order valence-corrected chi connectivity index (χ1v) is 14.9. The van der Waals surface area contributed by atoms with Crippen molar-refractivity contribution in [3.05, 3.63) is 46.0 Å². The van der Waals surface area contributed by atoms with Crippen molar-refractivity contribution in [1.82, 2.24) is 15.1 Å². The Labute approximate surface area is 243 Å². The van der Waals surface area contributed by atoms with Gasteiger partial charge in [0.1, 0.15) is 11.8 Å². The van der Waals surface area contributed by atoms with E-state index in [-0.39, 0.29) is 40.8 Å². The molecule has 11 nitrogen and oxygen atoms in total. The van der Waals surface area contributed by atoms with E-state index in [4.69, 9.17) is 14.2 Å². The number of β-lactam (4-membered cyclic amide) rings is 1. The molecule has 3 aliphatic heterocycles. The molecule has 41 heavy (non-hydrogen) atoms. The molecule has 3 heterocycles. The minimum absolute atomic E-state index is 0.00690. The molecule has 1 aromatic rings. The highest BCUT2D eigenvalue weighted by atomic mass is 32.2. The van der Waals surface area contributed by atoms with E-state index in [1.54, 1.807) is 25.9 Å². The highest BCUT2D eigenvalue weighted by molar-refractivity contribution is 8.03. The summed E-state index contributed by atoms with van der Waals surface area (Å²) in [6.45, 7) is 3.38. The molecule has 0 bridgehead atoms. The van der Waals surface area contributed by atoms with Gasteiger partial charge in [0.15, 0.2) is 0 Å². The molecule has 4 aliphatic rings. The molecule has 12 heteroatoms. The number of nitrogens with one attached hydrogen (secondary N) is 1. The molecule has 0 radical (unpaired) electrons. The number of fused-ring (bicyclic) bond motifs is 2. The quantitative estimate of drug-likeness (QED) is 0.265. The summed E-state index contributed by atoms with van der Waals surface area (Å²) < 4.78 is 15.9. The van der Waals surface area contributed by atoms with Gasteiger partial charge in [-0.05, 0) is 43.7 Å². The number of hydrogen-bond acceptors (Lipinski definition) is 10. The summed E-state index contributed by atoms with van der Waals surface area (Å²) in [6, 6.07) is 7.09. The fraction of sp³-hybridized carbons (Fsp3) is 0.586. The maximum absolute atomic E-state index is 13.3. The minimum Gasteiger partial charge on any atom is -0.426 e. The third kappa shape index (κ3) is 5.69. The number of amides is 2. The van der Waals surface area contributed by atoms with Gasteiger partial charge in [-0.2, -0.15) is 0 Å². The van der Waals surface area contributed by atoms with Crippen molar-refractivity contribution in [1.29, 1.82) is 0 Å². The Kier molecular flexibility index (Phi) is 8.62. The number of likely N-dealkylation sites (N-methyl/N-ethyl adjacent to an activating group) is 1. The van der Waals surface area contributed by atoms with Gasteiger partial charge in [0, 0.05) is 36.7 Å². The second-order valence-corrected chi connectivity index (χ2v) is 12.6. The molecule has 2 fully saturated rings. The molecule has 0 saturated carbocycles. The number of aliphatic hydroxyl groups excluding tert-OH is 1. The number of carbonyl (C=O) groups is 4. The lowest BCUT2D eigenvalue weighted by Gasteiger charge is -2.46. The summed E-state index contributed by atoms with van der Waals surface area (Å²) in [5.74, 6) is -2.00. The van der Waals surface area contributed by atoms with Crippen LogP contribution in [0.1, 0.15) is 50.3 Å². The Balaban J connectivity index is 1.24. The predicted molar refractivity (Wildman–Crippen MR) is 149 cm³/mol. The van der Waals surface area contributed by atoms with Crippen LogP contribution in [-0.4, -0.2) is 89.7 Å². The Hall–Kier alpha value is -3.09. The van der Waals surface area contributed by atoms with Gasteiger partial charge in [-0.3, -0.25) is 9.59 Å². The molecule has 7 atom stereocenters. The number of ether oxygens (including phenoxy) is 3. The van der Waals surface area contributed by atoms with Crippen molar-refractivity contribution in [3.63, 3.8) is 0 Å². The van der Waals surface area contributed by atoms with E-state index in [0.717, 1.165) is 24.0 Å². The van der Waals surface area contributed by atoms with E-state index < -0.39 is 37.0 Å². The molecule has 222 valence electrons. The van der Waals surface area contributed by atoms with Gasteiger partial charge >= 0.3 is 12.1 Å². The van der Waals surface area contributed by atoms with Crippen molar-refractivity contribution in [2.24, 2.45) is 11.8 Å². The summed E-state index contributed by atoms with van der Waals surface area (Å²) in [5, 5.41) is 13.5. The monoisotopic (exact) mass is 587 g/mol. The molecule has 1 aliphatic carbocycles. The summed E-state index contributed by atoms with van der Waals surface area (Å²) in [6.07, 6.45) is 0.816. The van der Waals surface area contributed by atoms with Crippen molar-refractivity contribution in [3.8, 4) is 0 Å². The first-order chi connectivity index (χ1) is 19.6. The smallest absolute Gasteiger partial charge is 0.426 e. The third-order valence-corrected chi connectivity index (χ3v) is 9.86. The minimum atomic E-state index is -0.941. The average molecular weight is 588 g/mol. The lowest BCUT2D eigenvalue weighted by Crippen LogP contribution is -2.63. The third-order valence-electron chi connectivity index (χ3n) is 8.34. The van der Waals surface area contributed by atoms with Crippen LogP contribution in [-0.2, 0) is 35.0 Å². The van der Waals surface area contributed by atoms with E-state index in [9.17, 15) is 24.3 Å². The fourth-order valence-corrected chi connectivity index (χ4v) is 7.80. The zero-order valence-electron chi connectivity index (χ0n) is 23.7. The summed E-state index contributed by atoms with van der Waals surface area (Å²) >= 11 is 1.45. The number of rotatable bonds is 8. The first kappa shape index (κ1) is 29.4. The number of nitrogens with zero attached hydrogens (tertiary/aromatic N) is 2. The van der Waals surface area contributed by atoms with Crippen molar-refractivity contribution >= 4 is 35.7 Å². The maximum atomic E-state index is 13.3. The number of aryl methyl sites for hydroxylation is 1. The van der Waals surface area contributed by atoms with Gasteiger partial charge in [-0.1, -0.05) is 31.2 Å². The second kappa shape index (κ2) is 12.0. The molecule has 5 rings (SSSR count). The lowest BCUT2D eigenvalue weighted by molar-refractivity contribution is -0.167. The predicted octanol–water partition coefficient (Wildman–Crippen LogP) is 2.34. The van der Waals surface area contributed by atoms with Crippen LogP contribution in [0, 0.1) is 11.8 Å². The normalized spacial score (nSPS) is 29.3.